The third-order valence-corrected chi connectivity index (χ3v) is 8.12. The molecule has 3 aliphatic heterocycles. The highest BCUT2D eigenvalue weighted by atomic mass is 32.1. The number of hydrogen-bond donors (Lipinski definition) is 0. The van der Waals surface area contributed by atoms with Crippen molar-refractivity contribution in [1.29, 1.82) is 0 Å². The van der Waals surface area contributed by atoms with E-state index in [-0.39, 0.29) is 19.0 Å². The van der Waals surface area contributed by atoms with Crippen LogP contribution in [0.5, 0.6) is 11.5 Å². The number of rotatable bonds is 5. The van der Waals surface area contributed by atoms with Crippen molar-refractivity contribution in [2.75, 3.05) is 31.4 Å². The molecule has 6 rings (SSSR count). The van der Waals surface area contributed by atoms with E-state index in [9.17, 15) is 9.59 Å². The lowest BCUT2D eigenvalue weighted by Gasteiger charge is -2.28. The molecule has 0 unspecified atom stereocenters. The van der Waals surface area contributed by atoms with E-state index in [4.69, 9.17) is 14.2 Å². The lowest BCUT2D eigenvalue weighted by Crippen LogP contribution is -2.39. The molecule has 3 aliphatic rings. The van der Waals surface area contributed by atoms with Gasteiger partial charge in [0.05, 0.1) is 28.5 Å². The van der Waals surface area contributed by atoms with Crippen LogP contribution in [0.1, 0.15) is 50.3 Å². The Morgan fingerprint density at radius 1 is 1.11 bits per heavy atom. The molecule has 0 radical (unpaired) electrons. The van der Waals surface area contributed by atoms with Gasteiger partial charge in [-0.25, -0.2) is 9.79 Å². The van der Waals surface area contributed by atoms with Crippen LogP contribution in [0.3, 0.4) is 0 Å². The minimum atomic E-state index is -0.691. The number of allylic oxidation sites excluding steroid dienone is 1. The summed E-state index contributed by atoms with van der Waals surface area (Å²) in [7, 11) is 0. The van der Waals surface area contributed by atoms with Crippen LogP contribution in [0, 0.1) is 0 Å². The number of carbonyl (C=O) groups is 1. The molecule has 0 bridgehead atoms. The number of carbonyl (C=O) groups excluding carboxylic acids is 1. The number of esters is 1. The van der Waals surface area contributed by atoms with E-state index < -0.39 is 12.0 Å². The monoisotopic (exact) mass is 531 g/mol. The summed E-state index contributed by atoms with van der Waals surface area (Å²) in [4.78, 5) is 34.5. The predicted octanol–water partition coefficient (Wildman–Crippen LogP) is 3.52. The van der Waals surface area contributed by atoms with E-state index in [2.05, 4.69) is 22.0 Å². The first kappa shape index (κ1) is 24.5. The number of fused-ring (bicyclic) bond motifs is 2. The average molecular weight is 532 g/mol. The Labute approximate surface area is 224 Å². The quantitative estimate of drug-likeness (QED) is 0.469. The number of aromatic nitrogens is 1. The van der Waals surface area contributed by atoms with Crippen LogP contribution in [-0.2, 0) is 9.53 Å². The summed E-state index contributed by atoms with van der Waals surface area (Å²) in [5, 5.41) is 0. The molecule has 2 aromatic carbocycles. The van der Waals surface area contributed by atoms with Gasteiger partial charge in [-0.15, -0.1) is 0 Å². The highest BCUT2D eigenvalue weighted by molar-refractivity contribution is 7.07. The number of thiazole rings is 1. The van der Waals surface area contributed by atoms with Crippen LogP contribution in [-0.4, -0.2) is 37.0 Å². The Bertz CT molecular complexity index is 1600. The lowest BCUT2D eigenvalue weighted by molar-refractivity contribution is -0.139. The fourth-order valence-corrected chi connectivity index (χ4v) is 6.32. The van der Waals surface area contributed by atoms with Crippen molar-refractivity contribution in [2.45, 2.75) is 39.2 Å². The summed E-state index contributed by atoms with van der Waals surface area (Å²) in [6.45, 7) is 6.07. The molecular formula is C29H29N3O5S. The third-order valence-electron chi connectivity index (χ3n) is 7.14. The fraction of sp³-hybridized carbons (Fsp3) is 0.345. The van der Waals surface area contributed by atoms with Crippen molar-refractivity contribution in [3.8, 4) is 11.5 Å². The van der Waals surface area contributed by atoms with E-state index in [1.54, 1.807) is 24.5 Å². The van der Waals surface area contributed by atoms with Crippen LogP contribution in [0.4, 0.5) is 5.69 Å². The van der Waals surface area contributed by atoms with Gasteiger partial charge < -0.3 is 19.1 Å². The zero-order valence-corrected chi connectivity index (χ0v) is 22.3. The van der Waals surface area contributed by atoms with Gasteiger partial charge in [0.2, 0.25) is 6.79 Å². The molecule has 0 amide bonds. The summed E-state index contributed by atoms with van der Waals surface area (Å²) in [5.41, 5.74) is 3.55. The first-order valence-electron chi connectivity index (χ1n) is 13.0. The predicted molar refractivity (Wildman–Crippen MR) is 145 cm³/mol. The standard InChI is InChI=1S/C29H29N3O5S/c1-3-35-28(34)25-18(2)30-29-32(26(25)20-9-12-22-23(16-20)37-17-36-22)27(33)24(38-29)15-19-7-10-21(11-8-19)31-13-5-4-6-14-31/h7-12,15-16,26H,3-6,13-14,17H2,1-2H3/b24-15+/t26-/m0/s1. The van der Waals surface area contributed by atoms with Crippen molar-refractivity contribution in [1.82, 2.24) is 4.57 Å². The highest BCUT2D eigenvalue weighted by Crippen LogP contribution is 2.38. The van der Waals surface area contributed by atoms with Crippen molar-refractivity contribution in [3.63, 3.8) is 0 Å². The van der Waals surface area contributed by atoms with Gasteiger partial charge in [0.1, 0.15) is 0 Å². The van der Waals surface area contributed by atoms with Gasteiger partial charge in [0.15, 0.2) is 16.3 Å². The largest absolute Gasteiger partial charge is 0.463 e. The summed E-state index contributed by atoms with van der Waals surface area (Å²) < 4.78 is 18.6. The smallest absolute Gasteiger partial charge is 0.338 e. The number of hydrogen-bond acceptors (Lipinski definition) is 8. The average Bonchev–Trinajstić information content (AvgIpc) is 3.52. The maximum Gasteiger partial charge on any atom is 0.338 e. The lowest BCUT2D eigenvalue weighted by atomic mass is 9.95. The van der Waals surface area contributed by atoms with Crippen LogP contribution >= 0.6 is 11.3 Å². The molecule has 1 atom stereocenters. The second-order valence-electron chi connectivity index (χ2n) is 9.55. The zero-order valence-electron chi connectivity index (χ0n) is 21.4. The Morgan fingerprint density at radius 3 is 2.63 bits per heavy atom. The van der Waals surface area contributed by atoms with Crippen molar-refractivity contribution in [3.05, 3.63) is 84.5 Å². The molecule has 8 nitrogen and oxygen atoms in total. The summed E-state index contributed by atoms with van der Waals surface area (Å²) >= 11 is 1.32. The molecule has 1 aromatic heterocycles. The van der Waals surface area contributed by atoms with Gasteiger partial charge >= 0.3 is 5.97 Å². The maximum absolute atomic E-state index is 13.8. The van der Waals surface area contributed by atoms with E-state index in [0.29, 0.717) is 32.1 Å². The Kier molecular flexibility index (Phi) is 6.53. The van der Waals surface area contributed by atoms with Crippen LogP contribution in [0.15, 0.2) is 63.5 Å². The van der Waals surface area contributed by atoms with Crippen molar-refractivity contribution in [2.24, 2.45) is 4.99 Å². The molecule has 196 valence electrons. The van der Waals surface area contributed by atoms with Crippen molar-refractivity contribution >= 4 is 29.1 Å². The Hall–Kier alpha value is -3.85. The minimum absolute atomic E-state index is 0.137. The van der Waals surface area contributed by atoms with Crippen LogP contribution in [0.25, 0.3) is 6.08 Å². The number of nitrogens with zero attached hydrogens (tertiary/aromatic N) is 3. The molecule has 3 aromatic rings. The molecule has 0 saturated carbocycles. The maximum atomic E-state index is 13.8. The van der Waals surface area contributed by atoms with E-state index in [1.807, 2.05) is 30.3 Å². The first-order valence-corrected chi connectivity index (χ1v) is 13.8. The number of benzene rings is 2. The first-order chi connectivity index (χ1) is 18.5. The number of piperidine rings is 1. The third kappa shape index (κ3) is 4.41. The van der Waals surface area contributed by atoms with Crippen molar-refractivity contribution < 1.29 is 19.0 Å². The molecule has 4 heterocycles. The molecule has 9 heteroatoms. The summed E-state index contributed by atoms with van der Waals surface area (Å²) in [6, 6.07) is 13.1. The van der Waals surface area contributed by atoms with E-state index in [0.717, 1.165) is 24.2 Å². The molecule has 1 fully saturated rings. The second-order valence-corrected chi connectivity index (χ2v) is 10.6. The van der Waals surface area contributed by atoms with Gasteiger partial charge in [-0.05, 0) is 74.6 Å². The molecule has 38 heavy (non-hydrogen) atoms. The second kappa shape index (κ2) is 10.1. The molecule has 0 spiro atoms. The van der Waals surface area contributed by atoms with Gasteiger partial charge in [0.25, 0.3) is 5.56 Å². The number of anilines is 1. The van der Waals surface area contributed by atoms with E-state index >= 15 is 0 Å². The molecule has 1 saturated heterocycles. The topological polar surface area (TPSA) is 82.4 Å². The van der Waals surface area contributed by atoms with Gasteiger partial charge in [0, 0.05) is 18.8 Å². The zero-order chi connectivity index (χ0) is 26.2. The van der Waals surface area contributed by atoms with Gasteiger partial charge in [-0.2, -0.15) is 0 Å². The normalized spacial score (nSPS) is 18.8. The summed E-state index contributed by atoms with van der Waals surface area (Å²) in [5.74, 6) is 0.725. The fourth-order valence-electron chi connectivity index (χ4n) is 5.27. The SMILES string of the molecule is CCOC(=O)C1=C(C)N=c2s/c(=C/c3ccc(N4CCCCC4)cc3)c(=O)n2[C@H]1c1ccc2c(c1)OCO2. The Balaban J connectivity index is 1.43. The molecule has 0 N–H and O–H groups in total. The van der Waals surface area contributed by atoms with Gasteiger partial charge in [-0.3, -0.25) is 9.36 Å². The molecule has 0 aliphatic carbocycles. The van der Waals surface area contributed by atoms with Gasteiger partial charge in [-0.1, -0.05) is 29.5 Å². The van der Waals surface area contributed by atoms with E-state index in [1.165, 1.54) is 36.3 Å². The molecular weight excluding hydrogens is 502 g/mol. The highest BCUT2D eigenvalue weighted by Gasteiger charge is 2.34. The Morgan fingerprint density at radius 2 is 1.87 bits per heavy atom. The minimum Gasteiger partial charge on any atom is -0.463 e. The van der Waals surface area contributed by atoms with Crippen LogP contribution in [0.2, 0.25) is 0 Å². The number of ether oxygens (including phenoxy) is 3. The van der Waals surface area contributed by atoms with Crippen LogP contribution < -0.4 is 29.3 Å². The summed E-state index contributed by atoms with van der Waals surface area (Å²) in [6.07, 6.45) is 5.63.